The molecule has 1 heterocycles. The van der Waals surface area contributed by atoms with E-state index < -0.39 is 11.2 Å². The monoisotopic (exact) mass is 333 g/mol. The van der Waals surface area contributed by atoms with Gasteiger partial charge in [0.2, 0.25) is 5.82 Å². The number of ether oxygens (including phenoxy) is 1. The van der Waals surface area contributed by atoms with Crippen molar-refractivity contribution < 1.29 is 4.74 Å². The summed E-state index contributed by atoms with van der Waals surface area (Å²) in [4.78, 5) is 25.9. The highest BCUT2D eigenvalue weighted by molar-refractivity contribution is 5.38. The van der Waals surface area contributed by atoms with Crippen LogP contribution in [0.25, 0.3) is 0 Å². The lowest BCUT2D eigenvalue weighted by molar-refractivity contribution is 0.299. The van der Waals surface area contributed by atoms with Gasteiger partial charge in [-0.15, -0.1) is 5.10 Å². The van der Waals surface area contributed by atoms with Crippen LogP contribution in [0.4, 0.5) is 5.82 Å². The molecule has 1 atom stereocenters. The molecule has 1 aromatic carbocycles. The molecule has 0 aliphatic heterocycles. The standard InChI is InChI=1S/C16H23N5O3/c1-19(2)12(11-8-6-7-9-13(11)24-5)10-17-14-15(22)20(3)16(23)21(4)18-14/h6-9,12H,10H2,1-5H3,(H,17,18). The van der Waals surface area contributed by atoms with Gasteiger partial charge in [0.05, 0.1) is 13.2 Å². The Morgan fingerprint density at radius 1 is 1.25 bits per heavy atom. The third-order valence-corrected chi connectivity index (χ3v) is 3.91. The third-order valence-electron chi connectivity index (χ3n) is 3.91. The van der Waals surface area contributed by atoms with Crippen molar-refractivity contribution in [3.63, 3.8) is 0 Å². The van der Waals surface area contributed by atoms with Gasteiger partial charge in [-0.2, -0.15) is 0 Å². The maximum absolute atomic E-state index is 12.2. The number of aromatic nitrogens is 3. The van der Waals surface area contributed by atoms with Gasteiger partial charge in [-0.05, 0) is 20.2 Å². The molecule has 0 amide bonds. The fourth-order valence-electron chi connectivity index (χ4n) is 2.52. The number of hydrogen-bond acceptors (Lipinski definition) is 6. The van der Waals surface area contributed by atoms with Crippen molar-refractivity contribution in [3.8, 4) is 5.75 Å². The largest absolute Gasteiger partial charge is 0.496 e. The summed E-state index contributed by atoms with van der Waals surface area (Å²) in [6.45, 7) is 0.438. The van der Waals surface area contributed by atoms with Gasteiger partial charge >= 0.3 is 5.69 Å². The summed E-state index contributed by atoms with van der Waals surface area (Å²) in [6.07, 6.45) is 0. The molecule has 2 aromatic rings. The Hall–Kier alpha value is -2.61. The smallest absolute Gasteiger partial charge is 0.346 e. The van der Waals surface area contributed by atoms with Gasteiger partial charge in [0.25, 0.3) is 5.56 Å². The summed E-state index contributed by atoms with van der Waals surface area (Å²) in [7, 11) is 8.47. The average molecular weight is 333 g/mol. The lowest BCUT2D eigenvalue weighted by Crippen LogP contribution is -2.40. The Kier molecular flexibility index (Phi) is 5.40. The van der Waals surface area contributed by atoms with Gasteiger partial charge in [0.15, 0.2) is 0 Å². The van der Waals surface area contributed by atoms with E-state index in [1.165, 1.54) is 14.1 Å². The maximum atomic E-state index is 12.2. The number of aryl methyl sites for hydroxylation is 1. The second-order valence-electron chi connectivity index (χ2n) is 5.72. The molecule has 2 rings (SSSR count). The Morgan fingerprint density at radius 2 is 1.92 bits per heavy atom. The lowest BCUT2D eigenvalue weighted by Gasteiger charge is -2.26. The van der Waals surface area contributed by atoms with Gasteiger partial charge < -0.3 is 15.0 Å². The summed E-state index contributed by atoms with van der Waals surface area (Å²) in [6, 6.07) is 7.70. The van der Waals surface area contributed by atoms with Crippen LogP contribution in [0.5, 0.6) is 5.75 Å². The van der Waals surface area contributed by atoms with Crippen molar-refractivity contribution in [3.05, 3.63) is 50.7 Å². The maximum Gasteiger partial charge on any atom is 0.346 e. The fourth-order valence-corrected chi connectivity index (χ4v) is 2.52. The van der Waals surface area contributed by atoms with Crippen LogP contribution < -0.4 is 21.3 Å². The third kappa shape index (κ3) is 3.48. The van der Waals surface area contributed by atoms with Gasteiger partial charge in [0.1, 0.15) is 5.75 Å². The van der Waals surface area contributed by atoms with E-state index in [0.29, 0.717) is 6.54 Å². The lowest BCUT2D eigenvalue weighted by atomic mass is 10.0. The quantitative estimate of drug-likeness (QED) is 0.813. The first-order valence-electron chi connectivity index (χ1n) is 7.54. The second kappa shape index (κ2) is 7.31. The molecule has 8 heteroatoms. The number of methoxy groups -OCH3 is 1. The SMILES string of the molecule is COc1ccccc1C(CNc1nn(C)c(=O)n(C)c1=O)N(C)C. The minimum Gasteiger partial charge on any atom is -0.496 e. The Labute approximate surface area is 140 Å². The molecule has 1 aromatic heterocycles. The molecular weight excluding hydrogens is 310 g/mol. The number of nitrogens with zero attached hydrogens (tertiary/aromatic N) is 4. The highest BCUT2D eigenvalue weighted by Gasteiger charge is 2.19. The predicted molar refractivity (Wildman–Crippen MR) is 92.6 cm³/mol. The van der Waals surface area contributed by atoms with E-state index in [2.05, 4.69) is 10.4 Å². The number of benzene rings is 1. The molecule has 0 saturated carbocycles. The normalized spacial score (nSPS) is 12.2. The molecule has 24 heavy (non-hydrogen) atoms. The fraction of sp³-hybridized carbons (Fsp3) is 0.438. The van der Waals surface area contributed by atoms with E-state index in [0.717, 1.165) is 20.6 Å². The van der Waals surface area contributed by atoms with Crippen LogP contribution in [0.15, 0.2) is 33.9 Å². The van der Waals surface area contributed by atoms with Crippen LogP contribution in [0.1, 0.15) is 11.6 Å². The molecule has 130 valence electrons. The molecule has 0 radical (unpaired) electrons. The van der Waals surface area contributed by atoms with Crippen LogP contribution >= 0.6 is 0 Å². The zero-order valence-electron chi connectivity index (χ0n) is 14.6. The summed E-state index contributed by atoms with van der Waals surface area (Å²) in [5.74, 6) is 0.917. The molecule has 0 fully saturated rings. The van der Waals surface area contributed by atoms with Crippen molar-refractivity contribution in [2.24, 2.45) is 14.1 Å². The predicted octanol–water partition coefficient (Wildman–Crippen LogP) is 0.202. The van der Waals surface area contributed by atoms with E-state index in [9.17, 15) is 9.59 Å². The topological polar surface area (TPSA) is 81.4 Å². The van der Waals surface area contributed by atoms with Crippen LogP contribution in [0.3, 0.4) is 0 Å². The van der Waals surface area contributed by atoms with Crippen molar-refractivity contribution in [1.82, 2.24) is 19.2 Å². The summed E-state index contributed by atoms with van der Waals surface area (Å²) in [5, 5.41) is 7.06. The highest BCUT2D eigenvalue weighted by atomic mass is 16.5. The van der Waals surface area contributed by atoms with Crippen LogP contribution in [0, 0.1) is 0 Å². The Balaban J connectivity index is 2.31. The highest BCUT2D eigenvalue weighted by Crippen LogP contribution is 2.27. The van der Waals surface area contributed by atoms with Crippen LogP contribution in [-0.4, -0.2) is 47.0 Å². The summed E-state index contributed by atoms with van der Waals surface area (Å²) in [5.41, 5.74) is 0.0919. The number of nitrogens with one attached hydrogen (secondary N) is 1. The van der Waals surface area contributed by atoms with Crippen molar-refractivity contribution in [2.75, 3.05) is 33.1 Å². The molecule has 1 N–H and O–H groups in total. The first-order chi connectivity index (χ1) is 11.4. The molecule has 0 aliphatic rings. The second-order valence-corrected chi connectivity index (χ2v) is 5.72. The number of rotatable bonds is 6. The number of hydrogen-bond donors (Lipinski definition) is 1. The van der Waals surface area contributed by atoms with Crippen molar-refractivity contribution >= 4 is 5.82 Å². The zero-order valence-corrected chi connectivity index (χ0v) is 14.6. The molecule has 1 unspecified atom stereocenters. The van der Waals surface area contributed by atoms with E-state index in [1.54, 1.807) is 7.11 Å². The van der Waals surface area contributed by atoms with Gasteiger partial charge in [0, 0.05) is 26.2 Å². The van der Waals surface area contributed by atoms with E-state index in [-0.39, 0.29) is 11.9 Å². The molecule has 0 bridgehead atoms. The van der Waals surface area contributed by atoms with Gasteiger partial charge in [-0.3, -0.25) is 9.36 Å². The first-order valence-corrected chi connectivity index (χ1v) is 7.54. The van der Waals surface area contributed by atoms with Crippen LogP contribution in [-0.2, 0) is 14.1 Å². The number of para-hydroxylation sites is 1. The van der Waals surface area contributed by atoms with Crippen molar-refractivity contribution in [2.45, 2.75) is 6.04 Å². The van der Waals surface area contributed by atoms with Gasteiger partial charge in [-0.25, -0.2) is 9.48 Å². The number of anilines is 1. The summed E-state index contributed by atoms with van der Waals surface area (Å²) >= 11 is 0. The molecule has 0 spiro atoms. The van der Waals surface area contributed by atoms with Gasteiger partial charge in [-0.1, -0.05) is 18.2 Å². The zero-order chi connectivity index (χ0) is 17.9. The van der Waals surface area contributed by atoms with E-state index >= 15 is 0 Å². The molecule has 0 aliphatic carbocycles. The minimum atomic E-state index is -0.459. The molecular formula is C16H23N5O3. The Morgan fingerprint density at radius 3 is 2.54 bits per heavy atom. The molecule has 8 nitrogen and oxygen atoms in total. The van der Waals surface area contributed by atoms with Crippen molar-refractivity contribution in [1.29, 1.82) is 0 Å². The average Bonchev–Trinajstić information content (AvgIpc) is 2.57. The molecule has 0 saturated heterocycles. The van der Waals surface area contributed by atoms with E-state index in [1.807, 2.05) is 43.3 Å². The summed E-state index contributed by atoms with van der Waals surface area (Å²) < 4.78 is 7.59. The first kappa shape index (κ1) is 17.7. The minimum absolute atomic E-state index is 0.0371. The van der Waals surface area contributed by atoms with E-state index in [4.69, 9.17) is 4.74 Å². The number of likely N-dealkylation sites (N-methyl/N-ethyl adjacent to an activating group) is 1. The van der Waals surface area contributed by atoms with Crippen LogP contribution in [0.2, 0.25) is 0 Å². The Bertz CT molecular complexity index is 825.